The minimum Gasteiger partial charge on any atom is -0.430 e. The summed E-state index contributed by atoms with van der Waals surface area (Å²) in [5.41, 5.74) is 1.84. The Labute approximate surface area is 88.2 Å². The first kappa shape index (κ1) is 9.58. The van der Waals surface area contributed by atoms with Crippen LogP contribution in [0.2, 0.25) is 0 Å². The van der Waals surface area contributed by atoms with Crippen molar-refractivity contribution in [2.24, 2.45) is 7.05 Å². The zero-order chi connectivity index (χ0) is 10.7. The van der Waals surface area contributed by atoms with Gasteiger partial charge in [0.2, 0.25) is 5.69 Å². The molecule has 1 aromatic heterocycles. The molecule has 0 radical (unpaired) electrons. The van der Waals surface area contributed by atoms with Crippen molar-refractivity contribution in [1.29, 1.82) is 0 Å². The molecule has 2 aromatic rings. The van der Waals surface area contributed by atoms with Gasteiger partial charge in [-0.25, -0.2) is 0 Å². The highest BCUT2D eigenvalue weighted by atomic mass is 16.5. The quantitative estimate of drug-likeness (QED) is 0.681. The summed E-state index contributed by atoms with van der Waals surface area (Å²) in [4.78, 5) is 4.34. The minimum absolute atomic E-state index is 0.497. The summed E-state index contributed by atoms with van der Waals surface area (Å²) >= 11 is 0. The second kappa shape index (κ2) is 4.04. The van der Waals surface area contributed by atoms with E-state index in [1.165, 1.54) is 0 Å². The Morgan fingerprint density at radius 1 is 1.20 bits per heavy atom. The summed E-state index contributed by atoms with van der Waals surface area (Å²) in [7, 11) is 3.37. The third kappa shape index (κ3) is 1.93. The van der Waals surface area contributed by atoms with Crippen LogP contribution in [-0.4, -0.2) is 17.2 Å². The van der Waals surface area contributed by atoms with E-state index in [0.717, 1.165) is 11.3 Å². The van der Waals surface area contributed by atoms with Crippen LogP contribution in [0.3, 0.4) is 0 Å². The number of hydrogen-bond acceptors (Lipinski definition) is 3. The van der Waals surface area contributed by atoms with Crippen LogP contribution in [0.4, 0.5) is 0 Å². The standard InChI is InChI=1S/C11H12N3O/c1-14-11(15-2)13-10(8-12-14)9-6-4-3-5-7-9/h3-8H,1-2H3/q+1. The summed E-state index contributed by atoms with van der Waals surface area (Å²) in [5, 5.41) is 4.16. The number of benzene rings is 1. The van der Waals surface area contributed by atoms with E-state index in [0.29, 0.717) is 6.01 Å². The van der Waals surface area contributed by atoms with Crippen molar-refractivity contribution in [3.63, 3.8) is 0 Å². The van der Waals surface area contributed by atoms with Gasteiger partial charge in [-0.2, -0.15) is 0 Å². The summed E-state index contributed by atoms with van der Waals surface area (Å²) in [5.74, 6) is 0. The maximum Gasteiger partial charge on any atom is 0.519 e. The molecule has 0 N–H and O–H groups in total. The fraction of sp³-hybridized carbons (Fsp3) is 0.182. The largest absolute Gasteiger partial charge is 0.519 e. The van der Waals surface area contributed by atoms with E-state index in [2.05, 4.69) is 10.1 Å². The highest BCUT2D eigenvalue weighted by Crippen LogP contribution is 2.15. The maximum atomic E-state index is 5.10. The van der Waals surface area contributed by atoms with Crippen LogP contribution in [0.15, 0.2) is 36.5 Å². The van der Waals surface area contributed by atoms with Crippen LogP contribution in [0.5, 0.6) is 6.01 Å². The molecule has 0 aliphatic heterocycles. The average molecular weight is 202 g/mol. The Morgan fingerprint density at radius 3 is 2.60 bits per heavy atom. The predicted molar refractivity (Wildman–Crippen MR) is 55.2 cm³/mol. The molecule has 0 aliphatic rings. The van der Waals surface area contributed by atoms with Gasteiger partial charge in [0, 0.05) is 5.56 Å². The van der Waals surface area contributed by atoms with Gasteiger partial charge in [0.1, 0.15) is 13.2 Å². The first-order chi connectivity index (χ1) is 7.31. The molecular formula is C11H12N3O+. The SMILES string of the molecule is COc1nc(-c2ccccc2)cn[n+]1C. The van der Waals surface area contributed by atoms with Gasteiger partial charge in [-0.3, -0.25) is 0 Å². The smallest absolute Gasteiger partial charge is 0.430 e. The van der Waals surface area contributed by atoms with E-state index < -0.39 is 0 Å². The first-order valence-electron chi connectivity index (χ1n) is 4.64. The highest BCUT2D eigenvalue weighted by molar-refractivity contribution is 5.57. The number of ether oxygens (including phenoxy) is 1. The molecule has 0 saturated carbocycles. The lowest BCUT2D eigenvalue weighted by Crippen LogP contribution is -2.35. The fourth-order valence-electron chi connectivity index (χ4n) is 1.32. The lowest BCUT2D eigenvalue weighted by molar-refractivity contribution is -0.737. The summed E-state index contributed by atoms with van der Waals surface area (Å²) in [6, 6.07) is 10.4. The molecule has 4 heteroatoms. The van der Waals surface area contributed by atoms with Crippen molar-refractivity contribution in [3.05, 3.63) is 36.5 Å². The van der Waals surface area contributed by atoms with Crippen LogP contribution in [-0.2, 0) is 7.05 Å². The highest BCUT2D eigenvalue weighted by Gasteiger charge is 2.14. The zero-order valence-electron chi connectivity index (χ0n) is 8.71. The van der Waals surface area contributed by atoms with Crippen molar-refractivity contribution in [2.45, 2.75) is 0 Å². The third-order valence-corrected chi connectivity index (χ3v) is 2.10. The van der Waals surface area contributed by atoms with Crippen LogP contribution >= 0.6 is 0 Å². The Balaban J connectivity index is 2.46. The van der Waals surface area contributed by atoms with Crippen LogP contribution in [0.25, 0.3) is 11.3 Å². The summed E-state index contributed by atoms with van der Waals surface area (Å²) in [6.45, 7) is 0. The molecule has 0 amide bonds. The van der Waals surface area contributed by atoms with Gasteiger partial charge in [0.25, 0.3) is 0 Å². The summed E-state index contributed by atoms with van der Waals surface area (Å²) in [6.07, 6.45) is 1.72. The molecule has 0 spiro atoms. The van der Waals surface area contributed by atoms with E-state index in [1.807, 2.05) is 30.3 Å². The minimum atomic E-state index is 0.497. The van der Waals surface area contributed by atoms with Gasteiger partial charge >= 0.3 is 6.01 Å². The predicted octanol–water partition coefficient (Wildman–Crippen LogP) is 0.977. The number of rotatable bonds is 2. The molecule has 0 fully saturated rings. The van der Waals surface area contributed by atoms with Gasteiger partial charge in [0.15, 0.2) is 0 Å². The van der Waals surface area contributed by atoms with Crippen molar-refractivity contribution < 1.29 is 9.42 Å². The molecule has 15 heavy (non-hydrogen) atoms. The van der Waals surface area contributed by atoms with Crippen LogP contribution in [0, 0.1) is 0 Å². The second-order valence-electron chi connectivity index (χ2n) is 3.12. The number of aryl methyl sites for hydroxylation is 1. The molecule has 76 valence electrons. The molecule has 0 atom stereocenters. The normalized spacial score (nSPS) is 10.0. The Morgan fingerprint density at radius 2 is 1.93 bits per heavy atom. The monoisotopic (exact) mass is 202 g/mol. The molecule has 0 aliphatic carbocycles. The molecule has 2 rings (SSSR count). The maximum absolute atomic E-state index is 5.10. The van der Waals surface area contributed by atoms with E-state index >= 15 is 0 Å². The van der Waals surface area contributed by atoms with E-state index in [4.69, 9.17) is 4.74 Å². The number of hydrogen-bond donors (Lipinski definition) is 0. The number of aromatic nitrogens is 3. The van der Waals surface area contributed by atoms with Gasteiger partial charge in [0.05, 0.1) is 7.11 Å². The number of nitrogens with zero attached hydrogens (tertiary/aromatic N) is 3. The molecule has 0 saturated heterocycles. The molecular weight excluding hydrogens is 190 g/mol. The average Bonchev–Trinajstić information content (AvgIpc) is 2.31. The zero-order valence-corrected chi connectivity index (χ0v) is 8.71. The second-order valence-corrected chi connectivity index (χ2v) is 3.12. The van der Waals surface area contributed by atoms with Crippen LogP contribution in [0.1, 0.15) is 0 Å². The van der Waals surface area contributed by atoms with E-state index in [9.17, 15) is 0 Å². The molecule has 0 unspecified atom stereocenters. The third-order valence-electron chi connectivity index (χ3n) is 2.10. The van der Waals surface area contributed by atoms with Crippen molar-refractivity contribution in [3.8, 4) is 17.3 Å². The topological polar surface area (TPSA) is 38.9 Å². The van der Waals surface area contributed by atoms with Crippen LogP contribution < -0.4 is 9.42 Å². The molecule has 4 nitrogen and oxygen atoms in total. The lowest BCUT2D eigenvalue weighted by Gasteiger charge is -1.97. The van der Waals surface area contributed by atoms with Crippen molar-refractivity contribution in [2.75, 3.05) is 7.11 Å². The van der Waals surface area contributed by atoms with E-state index in [-0.39, 0.29) is 0 Å². The van der Waals surface area contributed by atoms with Crippen molar-refractivity contribution in [1.82, 2.24) is 10.1 Å². The van der Waals surface area contributed by atoms with Gasteiger partial charge in [-0.05, 0) is 4.98 Å². The lowest BCUT2D eigenvalue weighted by atomic mass is 10.2. The van der Waals surface area contributed by atoms with Gasteiger partial charge in [-0.1, -0.05) is 40.1 Å². The van der Waals surface area contributed by atoms with E-state index in [1.54, 1.807) is 25.0 Å². The first-order valence-corrected chi connectivity index (χ1v) is 4.64. The Kier molecular flexibility index (Phi) is 2.58. The molecule has 1 aromatic carbocycles. The van der Waals surface area contributed by atoms with Gasteiger partial charge in [-0.15, -0.1) is 0 Å². The summed E-state index contributed by atoms with van der Waals surface area (Å²) < 4.78 is 6.69. The fourth-order valence-corrected chi connectivity index (χ4v) is 1.32. The Bertz CT molecular complexity index is 457. The molecule has 1 heterocycles. The Hall–Kier alpha value is -1.97. The molecule has 0 bridgehead atoms. The van der Waals surface area contributed by atoms with Crippen molar-refractivity contribution >= 4 is 0 Å². The number of methoxy groups -OCH3 is 1. The van der Waals surface area contributed by atoms with Gasteiger partial charge < -0.3 is 4.74 Å².